The fourth-order valence-corrected chi connectivity index (χ4v) is 3.49. The summed E-state index contributed by atoms with van der Waals surface area (Å²) in [6, 6.07) is 0. The third kappa shape index (κ3) is 9.25. The summed E-state index contributed by atoms with van der Waals surface area (Å²) in [4.78, 5) is 12.1. The molecule has 3 nitrogen and oxygen atoms in total. The van der Waals surface area contributed by atoms with Gasteiger partial charge in [-0.3, -0.25) is 4.79 Å². The normalized spacial score (nSPS) is 19.8. The van der Waals surface area contributed by atoms with Crippen LogP contribution in [0.4, 0.5) is 4.39 Å². The second-order valence-corrected chi connectivity index (χ2v) is 8.44. The van der Waals surface area contributed by atoms with E-state index >= 15 is 0 Å². The van der Waals surface area contributed by atoms with E-state index in [1.54, 1.807) is 25.2 Å². The van der Waals surface area contributed by atoms with Crippen molar-refractivity contribution in [3.05, 3.63) is 72.4 Å². The second kappa shape index (κ2) is 14.4. The van der Waals surface area contributed by atoms with E-state index in [0.717, 1.165) is 48.3 Å². The van der Waals surface area contributed by atoms with Crippen LogP contribution in [0.3, 0.4) is 0 Å². The first kappa shape index (κ1) is 27.4. The maximum atomic E-state index is 13.9. The van der Waals surface area contributed by atoms with Crippen LogP contribution in [-0.4, -0.2) is 23.4 Å². The topological polar surface area (TPSA) is 41.8 Å². The van der Waals surface area contributed by atoms with Gasteiger partial charge in [0.05, 0.1) is 5.71 Å². The van der Waals surface area contributed by atoms with E-state index in [2.05, 4.69) is 37.2 Å². The summed E-state index contributed by atoms with van der Waals surface area (Å²) in [7, 11) is 0. The van der Waals surface area contributed by atoms with Gasteiger partial charge in [0.1, 0.15) is 12.0 Å². The van der Waals surface area contributed by atoms with Crippen LogP contribution < -0.4 is 0 Å². The number of hydrogen-bond acceptors (Lipinski definition) is 3. The number of carbonyl (C=O) groups excluding carboxylic acids is 1. The molecular formula is C28H39FN2O. The summed E-state index contributed by atoms with van der Waals surface area (Å²) in [5.74, 6) is 0.299. The Kier molecular flexibility index (Phi) is 12.4. The highest BCUT2D eigenvalue weighted by Crippen LogP contribution is 2.26. The number of allylic oxidation sites excluding steroid dienone is 10. The standard InChI is InChI=1S/C28H39FN2O/c1-8-12-25(13-9-2)28(20(4)10-3)31-30-22(6)14-11-15-26(23(7)32)18-24-17-16-21(5)27(29)19-24/h8-9,12-13,16-17,19-20,26-27H,1,5,10-11,14-15,18H2,2-4,6-7H3/b13-9-,25-12+,30-22+,31-28+. The van der Waals surface area contributed by atoms with Gasteiger partial charge >= 0.3 is 0 Å². The molecule has 3 unspecified atom stereocenters. The zero-order valence-electron chi connectivity index (χ0n) is 20.4. The molecule has 0 saturated carbocycles. The molecule has 0 N–H and O–H groups in total. The van der Waals surface area contributed by atoms with E-state index in [0.29, 0.717) is 12.0 Å². The average Bonchev–Trinajstić information content (AvgIpc) is 2.75. The van der Waals surface area contributed by atoms with Gasteiger partial charge in [0, 0.05) is 17.5 Å². The molecule has 3 atom stereocenters. The first-order valence-electron chi connectivity index (χ1n) is 11.5. The van der Waals surface area contributed by atoms with Gasteiger partial charge in [-0.15, -0.1) is 0 Å². The van der Waals surface area contributed by atoms with E-state index in [9.17, 15) is 9.18 Å². The predicted molar refractivity (Wildman–Crippen MR) is 137 cm³/mol. The van der Waals surface area contributed by atoms with E-state index in [4.69, 9.17) is 0 Å². The van der Waals surface area contributed by atoms with E-state index in [-0.39, 0.29) is 17.6 Å². The lowest BCUT2D eigenvalue weighted by Gasteiger charge is -2.18. The lowest BCUT2D eigenvalue weighted by Crippen LogP contribution is -2.14. The van der Waals surface area contributed by atoms with Crippen LogP contribution >= 0.6 is 0 Å². The monoisotopic (exact) mass is 438 g/mol. The molecular weight excluding hydrogens is 399 g/mol. The Balaban J connectivity index is 2.81. The number of ketones is 1. The molecule has 0 aliphatic heterocycles. The molecule has 0 bridgehead atoms. The number of hydrogen-bond donors (Lipinski definition) is 0. The Morgan fingerprint density at radius 3 is 2.56 bits per heavy atom. The number of nitrogens with zero attached hydrogens (tertiary/aromatic N) is 2. The van der Waals surface area contributed by atoms with Gasteiger partial charge in [-0.2, -0.15) is 10.2 Å². The molecule has 0 radical (unpaired) electrons. The first-order chi connectivity index (χ1) is 15.2. The van der Waals surface area contributed by atoms with Gasteiger partial charge in [-0.1, -0.05) is 63.5 Å². The number of rotatable bonds is 13. The van der Waals surface area contributed by atoms with Crippen LogP contribution in [-0.2, 0) is 4.79 Å². The molecule has 0 aromatic rings. The molecule has 174 valence electrons. The number of Topliss-reactive ketones (excluding diaryl/α,β-unsaturated/α-hetero) is 1. The minimum atomic E-state index is -1.16. The fourth-order valence-electron chi connectivity index (χ4n) is 3.49. The van der Waals surface area contributed by atoms with Gasteiger partial charge in [0.2, 0.25) is 0 Å². The van der Waals surface area contributed by atoms with Crippen LogP contribution in [0.5, 0.6) is 0 Å². The summed E-state index contributed by atoms with van der Waals surface area (Å²) < 4.78 is 13.9. The Hall–Kier alpha value is -2.62. The highest BCUT2D eigenvalue weighted by atomic mass is 19.1. The van der Waals surface area contributed by atoms with Crippen molar-refractivity contribution in [1.82, 2.24) is 0 Å². The lowest BCUT2D eigenvalue weighted by atomic mass is 9.88. The highest BCUT2D eigenvalue weighted by Gasteiger charge is 2.19. The van der Waals surface area contributed by atoms with Crippen molar-refractivity contribution in [2.45, 2.75) is 72.9 Å². The van der Waals surface area contributed by atoms with Gasteiger partial charge in [-0.25, -0.2) is 4.39 Å². The van der Waals surface area contributed by atoms with Gasteiger partial charge < -0.3 is 0 Å². The van der Waals surface area contributed by atoms with Crippen molar-refractivity contribution in [3.8, 4) is 0 Å². The SMILES string of the molecule is C=C/C=C(\C=C/C)C(=N/N=C(\C)CCCC(CC1=CC(F)C(=C)C=C1)C(C)=O)/C(C)CC. The van der Waals surface area contributed by atoms with Crippen molar-refractivity contribution in [2.75, 3.05) is 0 Å². The number of alkyl halides is 1. The number of carbonyl (C=O) groups is 1. The predicted octanol–water partition coefficient (Wildman–Crippen LogP) is 7.69. The third-order valence-electron chi connectivity index (χ3n) is 5.72. The van der Waals surface area contributed by atoms with Crippen LogP contribution in [0, 0.1) is 11.8 Å². The smallest absolute Gasteiger partial charge is 0.143 e. The molecule has 32 heavy (non-hydrogen) atoms. The zero-order chi connectivity index (χ0) is 24.1. The van der Waals surface area contributed by atoms with Crippen LogP contribution in [0.1, 0.15) is 66.7 Å². The average molecular weight is 439 g/mol. The summed E-state index contributed by atoms with van der Waals surface area (Å²) in [6.45, 7) is 17.3. The van der Waals surface area contributed by atoms with Crippen LogP contribution in [0.25, 0.3) is 0 Å². The summed E-state index contributed by atoms with van der Waals surface area (Å²) >= 11 is 0. The zero-order valence-corrected chi connectivity index (χ0v) is 20.4. The largest absolute Gasteiger partial charge is 0.300 e. The van der Waals surface area contributed by atoms with Crippen LogP contribution in [0.2, 0.25) is 0 Å². The quantitative estimate of drug-likeness (QED) is 0.165. The molecule has 0 aromatic heterocycles. The molecule has 1 aliphatic rings. The van der Waals surface area contributed by atoms with Gasteiger partial charge in [0.25, 0.3) is 0 Å². The first-order valence-corrected chi connectivity index (χ1v) is 11.5. The third-order valence-corrected chi connectivity index (χ3v) is 5.72. The van der Waals surface area contributed by atoms with Crippen molar-refractivity contribution in [1.29, 1.82) is 0 Å². The molecule has 0 fully saturated rings. The molecule has 0 amide bonds. The molecule has 0 aromatic carbocycles. The van der Waals surface area contributed by atoms with E-state index < -0.39 is 6.17 Å². The summed E-state index contributed by atoms with van der Waals surface area (Å²) in [6.07, 6.45) is 15.6. The second-order valence-electron chi connectivity index (χ2n) is 8.44. The maximum absolute atomic E-state index is 13.9. The summed E-state index contributed by atoms with van der Waals surface area (Å²) in [5.41, 5.74) is 4.22. The maximum Gasteiger partial charge on any atom is 0.143 e. The van der Waals surface area contributed by atoms with Crippen molar-refractivity contribution < 1.29 is 9.18 Å². The minimum Gasteiger partial charge on any atom is -0.300 e. The number of halogens is 1. The Morgan fingerprint density at radius 2 is 2.00 bits per heavy atom. The minimum absolute atomic E-state index is 0.117. The Labute approximate surface area is 194 Å². The van der Waals surface area contributed by atoms with E-state index in [1.165, 1.54) is 0 Å². The lowest BCUT2D eigenvalue weighted by molar-refractivity contribution is -0.120. The Morgan fingerprint density at radius 1 is 1.28 bits per heavy atom. The van der Waals surface area contributed by atoms with Crippen molar-refractivity contribution in [2.24, 2.45) is 22.0 Å². The van der Waals surface area contributed by atoms with Crippen LogP contribution in [0.15, 0.2) is 82.6 Å². The molecule has 0 saturated heterocycles. The van der Waals surface area contributed by atoms with Gasteiger partial charge in [0.15, 0.2) is 0 Å². The molecule has 1 aliphatic carbocycles. The molecule has 0 spiro atoms. The summed E-state index contributed by atoms with van der Waals surface area (Å²) in [5, 5.41) is 9.06. The van der Waals surface area contributed by atoms with Crippen molar-refractivity contribution in [3.63, 3.8) is 0 Å². The molecule has 0 heterocycles. The van der Waals surface area contributed by atoms with Gasteiger partial charge in [-0.05, 0) is 75.7 Å². The van der Waals surface area contributed by atoms with E-state index in [1.807, 2.05) is 38.2 Å². The molecule has 4 heteroatoms. The fraction of sp³-hybridized carbons (Fsp3) is 0.464. The van der Waals surface area contributed by atoms with Crippen molar-refractivity contribution >= 4 is 17.2 Å². The Bertz CT molecular complexity index is 855. The molecule has 1 rings (SSSR count). The highest BCUT2D eigenvalue weighted by molar-refractivity contribution is 6.04.